The minimum absolute atomic E-state index is 0.0156. The predicted molar refractivity (Wildman–Crippen MR) is 134 cm³/mol. The summed E-state index contributed by atoms with van der Waals surface area (Å²) in [6.45, 7) is 11.4. The van der Waals surface area contributed by atoms with Gasteiger partial charge in [0.05, 0.1) is 35.2 Å². The molecule has 0 aliphatic carbocycles. The van der Waals surface area contributed by atoms with E-state index < -0.39 is 11.7 Å². The molecule has 4 rings (SSSR count). The number of aromatic nitrogens is 2. The Balaban J connectivity index is 1.38. The predicted octanol–water partition coefficient (Wildman–Crippen LogP) is 3.85. The molecule has 1 amide bonds. The lowest BCUT2D eigenvalue weighted by atomic mass is 9.86. The lowest BCUT2D eigenvalue weighted by Crippen LogP contribution is -2.62. The number of carbonyl (C=O) groups excluding carboxylic acids is 1. The molecule has 0 unspecified atom stereocenters. The van der Waals surface area contributed by atoms with Crippen LogP contribution in [0.15, 0.2) is 30.6 Å². The fraction of sp³-hybridized carbons (Fsp3) is 0.593. The Morgan fingerprint density at radius 2 is 1.68 bits per heavy atom. The summed E-state index contributed by atoms with van der Waals surface area (Å²) in [6, 6.07) is 4.86. The zero-order valence-corrected chi connectivity index (χ0v) is 21.9. The number of halogens is 3. The van der Waals surface area contributed by atoms with Gasteiger partial charge in [-0.1, -0.05) is 12.1 Å². The second kappa shape index (κ2) is 10.7. The Bertz CT molecular complexity index is 1080. The maximum atomic E-state index is 13.2. The standard InChI is InChI=1S/C27H36F3N5O2/c1-18-15-34(13-14-35(18)23(16-36)21-5-7-22(8-6-21)27(28,29)30)26(4)9-11-33(12-10-26)25(37)24-19(2)31-17-32-20(24)3/h5-8,17-18,23,36H,9-16H2,1-4H3/t18-,23-/m0/s1. The fourth-order valence-corrected chi connectivity index (χ4v) is 5.79. The highest BCUT2D eigenvalue weighted by molar-refractivity contribution is 5.96. The summed E-state index contributed by atoms with van der Waals surface area (Å²) in [4.78, 5) is 28.1. The van der Waals surface area contributed by atoms with E-state index in [0.717, 1.165) is 38.1 Å². The van der Waals surface area contributed by atoms with Gasteiger partial charge in [-0.15, -0.1) is 0 Å². The number of carbonyl (C=O) groups is 1. The molecule has 2 aliphatic rings. The summed E-state index contributed by atoms with van der Waals surface area (Å²) in [7, 11) is 0. The molecule has 1 aromatic carbocycles. The van der Waals surface area contributed by atoms with Gasteiger partial charge in [0.25, 0.3) is 5.91 Å². The number of aryl methyl sites for hydroxylation is 2. The van der Waals surface area contributed by atoms with E-state index in [1.54, 1.807) is 0 Å². The topological polar surface area (TPSA) is 72.8 Å². The van der Waals surface area contributed by atoms with Crippen LogP contribution in [-0.4, -0.2) is 86.6 Å². The summed E-state index contributed by atoms with van der Waals surface area (Å²) in [5.74, 6) is -0.0156. The number of hydrogen-bond acceptors (Lipinski definition) is 6. The minimum atomic E-state index is -4.38. The molecule has 1 aromatic heterocycles. The average molecular weight is 520 g/mol. The molecule has 3 heterocycles. The van der Waals surface area contributed by atoms with E-state index in [1.165, 1.54) is 18.5 Å². The number of benzene rings is 1. The molecule has 2 fully saturated rings. The molecule has 1 N–H and O–H groups in total. The molecule has 2 atom stereocenters. The molecule has 37 heavy (non-hydrogen) atoms. The number of piperazine rings is 1. The van der Waals surface area contributed by atoms with Crippen LogP contribution in [0.3, 0.4) is 0 Å². The first-order valence-electron chi connectivity index (χ1n) is 12.8. The van der Waals surface area contributed by atoms with E-state index in [-0.39, 0.29) is 30.1 Å². The van der Waals surface area contributed by atoms with Crippen molar-refractivity contribution in [2.24, 2.45) is 0 Å². The van der Waals surface area contributed by atoms with Gasteiger partial charge in [-0.25, -0.2) is 9.97 Å². The third-order valence-corrected chi connectivity index (χ3v) is 8.21. The molecule has 2 aliphatic heterocycles. The zero-order valence-electron chi connectivity index (χ0n) is 21.9. The van der Waals surface area contributed by atoms with Crippen molar-refractivity contribution in [3.05, 3.63) is 58.7 Å². The van der Waals surface area contributed by atoms with Crippen molar-refractivity contribution in [2.75, 3.05) is 39.3 Å². The molecular weight excluding hydrogens is 483 g/mol. The molecule has 0 radical (unpaired) electrons. The van der Waals surface area contributed by atoms with Crippen LogP contribution in [0.2, 0.25) is 0 Å². The van der Waals surface area contributed by atoms with E-state index >= 15 is 0 Å². The number of nitrogens with zero attached hydrogens (tertiary/aromatic N) is 5. The highest BCUT2D eigenvalue weighted by Gasteiger charge is 2.41. The zero-order chi connectivity index (χ0) is 27.0. The van der Waals surface area contributed by atoms with E-state index in [2.05, 4.69) is 33.6 Å². The SMILES string of the molecule is Cc1ncnc(C)c1C(=O)N1CCC(C)(N2CCN([C@@H](CO)c3ccc(C(F)(F)F)cc3)[C@@H](C)C2)CC1. The molecule has 0 saturated carbocycles. The molecule has 0 bridgehead atoms. The number of piperidine rings is 1. The van der Waals surface area contributed by atoms with Gasteiger partial charge < -0.3 is 10.0 Å². The van der Waals surface area contributed by atoms with E-state index in [4.69, 9.17) is 0 Å². The molecule has 2 aromatic rings. The Hall–Kier alpha value is -2.56. The van der Waals surface area contributed by atoms with Crippen LogP contribution in [0.5, 0.6) is 0 Å². The highest BCUT2D eigenvalue weighted by atomic mass is 19.4. The van der Waals surface area contributed by atoms with Crippen LogP contribution in [0.1, 0.15) is 65.6 Å². The summed E-state index contributed by atoms with van der Waals surface area (Å²) in [6.07, 6.45) is -1.21. The van der Waals surface area contributed by atoms with Crippen molar-refractivity contribution in [2.45, 2.75) is 64.3 Å². The van der Waals surface area contributed by atoms with Crippen molar-refractivity contribution in [3.63, 3.8) is 0 Å². The highest BCUT2D eigenvalue weighted by Crippen LogP contribution is 2.35. The average Bonchev–Trinajstić information content (AvgIpc) is 2.85. The van der Waals surface area contributed by atoms with Crippen molar-refractivity contribution in [1.29, 1.82) is 0 Å². The lowest BCUT2D eigenvalue weighted by Gasteiger charge is -2.52. The maximum Gasteiger partial charge on any atom is 0.416 e. The number of rotatable bonds is 5. The quantitative estimate of drug-likeness (QED) is 0.647. The molecule has 7 nitrogen and oxygen atoms in total. The Morgan fingerprint density at radius 3 is 2.19 bits per heavy atom. The fourth-order valence-electron chi connectivity index (χ4n) is 5.79. The number of alkyl halides is 3. The van der Waals surface area contributed by atoms with Crippen molar-refractivity contribution < 1.29 is 23.1 Å². The third kappa shape index (κ3) is 5.66. The first-order chi connectivity index (χ1) is 17.4. The smallest absolute Gasteiger partial charge is 0.394 e. The molecule has 202 valence electrons. The van der Waals surface area contributed by atoms with Crippen LogP contribution < -0.4 is 0 Å². The van der Waals surface area contributed by atoms with E-state index in [1.807, 2.05) is 18.7 Å². The summed E-state index contributed by atoms with van der Waals surface area (Å²) in [5.41, 5.74) is 1.92. The lowest BCUT2D eigenvalue weighted by molar-refractivity contribution is -0.137. The van der Waals surface area contributed by atoms with Gasteiger partial charge in [0.1, 0.15) is 6.33 Å². The number of aliphatic hydroxyl groups is 1. The van der Waals surface area contributed by atoms with Crippen LogP contribution in [-0.2, 0) is 6.18 Å². The normalized spacial score (nSPS) is 22.2. The molecule has 10 heteroatoms. The van der Waals surface area contributed by atoms with Crippen molar-refractivity contribution >= 4 is 5.91 Å². The summed E-state index contributed by atoms with van der Waals surface area (Å²) < 4.78 is 38.9. The third-order valence-electron chi connectivity index (χ3n) is 8.21. The van der Waals surface area contributed by atoms with E-state index in [0.29, 0.717) is 42.1 Å². The Kier molecular flexibility index (Phi) is 7.92. The van der Waals surface area contributed by atoms with Gasteiger partial charge in [-0.3, -0.25) is 14.6 Å². The van der Waals surface area contributed by atoms with Gasteiger partial charge >= 0.3 is 6.18 Å². The van der Waals surface area contributed by atoms with Crippen molar-refractivity contribution in [1.82, 2.24) is 24.7 Å². The molecule has 2 saturated heterocycles. The van der Waals surface area contributed by atoms with Gasteiger partial charge in [0.15, 0.2) is 0 Å². The molecular formula is C27H36F3N5O2. The Labute approximate surface area is 216 Å². The van der Waals surface area contributed by atoms with Crippen LogP contribution in [0, 0.1) is 13.8 Å². The van der Waals surface area contributed by atoms with Gasteiger partial charge in [0, 0.05) is 44.3 Å². The largest absolute Gasteiger partial charge is 0.416 e. The minimum Gasteiger partial charge on any atom is -0.394 e. The van der Waals surface area contributed by atoms with Gasteiger partial charge in [0.2, 0.25) is 0 Å². The van der Waals surface area contributed by atoms with E-state index in [9.17, 15) is 23.1 Å². The monoisotopic (exact) mass is 519 g/mol. The van der Waals surface area contributed by atoms with Crippen LogP contribution in [0.25, 0.3) is 0 Å². The molecule has 0 spiro atoms. The summed E-state index contributed by atoms with van der Waals surface area (Å²) in [5, 5.41) is 10.1. The first kappa shape index (κ1) is 27.5. The van der Waals surface area contributed by atoms with Crippen LogP contribution >= 0.6 is 0 Å². The van der Waals surface area contributed by atoms with Crippen LogP contribution in [0.4, 0.5) is 13.2 Å². The van der Waals surface area contributed by atoms with Gasteiger partial charge in [-0.05, 0) is 58.2 Å². The van der Waals surface area contributed by atoms with Gasteiger partial charge in [-0.2, -0.15) is 13.2 Å². The number of amides is 1. The Morgan fingerprint density at radius 1 is 1.08 bits per heavy atom. The first-order valence-corrected chi connectivity index (χ1v) is 12.8. The second-order valence-electron chi connectivity index (χ2n) is 10.6. The second-order valence-corrected chi connectivity index (χ2v) is 10.6. The number of likely N-dealkylation sites (tertiary alicyclic amines) is 1. The van der Waals surface area contributed by atoms with Crippen molar-refractivity contribution in [3.8, 4) is 0 Å². The maximum absolute atomic E-state index is 13.2. The number of aliphatic hydroxyl groups excluding tert-OH is 1. The number of hydrogen-bond donors (Lipinski definition) is 1. The summed E-state index contributed by atoms with van der Waals surface area (Å²) >= 11 is 0.